The summed E-state index contributed by atoms with van der Waals surface area (Å²) in [5, 5.41) is 0.815. The summed E-state index contributed by atoms with van der Waals surface area (Å²) in [5.41, 5.74) is 7.95. The molecule has 0 amide bonds. The van der Waals surface area contributed by atoms with Gasteiger partial charge in [-0.05, 0) is 56.7 Å². The van der Waals surface area contributed by atoms with Gasteiger partial charge in [-0.2, -0.15) is 0 Å². The predicted octanol–water partition coefficient (Wildman–Crippen LogP) is 4.33. The van der Waals surface area contributed by atoms with Crippen LogP contribution in [0.3, 0.4) is 0 Å². The highest BCUT2D eigenvalue weighted by molar-refractivity contribution is 6.35. The van der Waals surface area contributed by atoms with Gasteiger partial charge in [-0.25, -0.2) is 4.98 Å². The molecule has 0 bridgehead atoms. The molecule has 0 atom stereocenters. The van der Waals surface area contributed by atoms with Crippen LogP contribution in [0.5, 0.6) is 0 Å². The lowest BCUT2D eigenvalue weighted by molar-refractivity contribution is 0.321. The number of rotatable bonds is 4. The molecule has 3 rings (SSSR count). The van der Waals surface area contributed by atoms with Gasteiger partial charge in [0.25, 0.3) is 0 Å². The summed E-state index contributed by atoms with van der Waals surface area (Å²) < 4.78 is 2.35. The van der Waals surface area contributed by atoms with Crippen LogP contribution in [-0.2, 0) is 6.54 Å². The first-order valence-electron chi connectivity index (χ1n) is 8.09. The van der Waals surface area contributed by atoms with E-state index in [1.807, 2.05) is 12.1 Å². The summed E-state index contributed by atoms with van der Waals surface area (Å²) >= 11 is 6.42. The molecule has 0 spiro atoms. The van der Waals surface area contributed by atoms with Crippen molar-refractivity contribution in [2.24, 2.45) is 11.7 Å². The number of hydrogen-bond donors (Lipinski definition) is 1. The summed E-state index contributed by atoms with van der Waals surface area (Å²) in [7, 11) is 0. The van der Waals surface area contributed by atoms with Gasteiger partial charge < -0.3 is 10.3 Å². The Hall–Kier alpha value is -1.06. The van der Waals surface area contributed by atoms with Crippen LogP contribution in [0.15, 0.2) is 18.2 Å². The van der Waals surface area contributed by atoms with Crippen LogP contribution in [0.1, 0.15) is 50.8 Å². The zero-order chi connectivity index (χ0) is 14.8. The maximum absolute atomic E-state index is 6.42. The monoisotopic (exact) mass is 305 g/mol. The van der Waals surface area contributed by atoms with Crippen LogP contribution in [0.2, 0.25) is 5.02 Å². The smallest absolute Gasteiger partial charge is 0.113 e. The molecule has 1 aromatic carbocycles. The molecule has 2 aromatic rings. The zero-order valence-corrected chi connectivity index (χ0v) is 13.4. The molecule has 114 valence electrons. The fourth-order valence-corrected chi connectivity index (χ4v) is 3.85. The normalized spacial score (nSPS) is 22.8. The molecule has 0 aliphatic heterocycles. The molecule has 1 saturated carbocycles. The topological polar surface area (TPSA) is 43.8 Å². The number of aromatic nitrogens is 2. The Balaban J connectivity index is 1.98. The van der Waals surface area contributed by atoms with Crippen LogP contribution < -0.4 is 5.73 Å². The van der Waals surface area contributed by atoms with E-state index in [0.29, 0.717) is 11.8 Å². The molecule has 2 N–H and O–H groups in total. The summed E-state index contributed by atoms with van der Waals surface area (Å²) in [6.07, 6.45) is 5.95. The van der Waals surface area contributed by atoms with Crippen LogP contribution in [0.4, 0.5) is 0 Å². The van der Waals surface area contributed by atoms with Gasteiger partial charge in [0.1, 0.15) is 5.82 Å². The van der Waals surface area contributed by atoms with Gasteiger partial charge in [0.15, 0.2) is 0 Å². The Bertz CT molecular complexity index is 612. The maximum Gasteiger partial charge on any atom is 0.113 e. The molecule has 3 nitrogen and oxygen atoms in total. The molecule has 1 fully saturated rings. The second-order valence-corrected chi connectivity index (χ2v) is 6.59. The molecule has 1 aromatic heterocycles. The lowest BCUT2D eigenvalue weighted by Gasteiger charge is -2.27. The highest BCUT2D eigenvalue weighted by Gasteiger charge is 2.26. The Labute approximate surface area is 131 Å². The van der Waals surface area contributed by atoms with Crippen molar-refractivity contribution in [3.63, 3.8) is 0 Å². The van der Waals surface area contributed by atoms with E-state index in [2.05, 4.69) is 17.6 Å². The van der Waals surface area contributed by atoms with E-state index in [0.717, 1.165) is 35.6 Å². The van der Waals surface area contributed by atoms with E-state index in [1.54, 1.807) is 0 Å². The van der Waals surface area contributed by atoms with Crippen LogP contribution in [0.25, 0.3) is 11.0 Å². The summed E-state index contributed by atoms with van der Waals surface area (Å²) in [6, 6.07) is 6.03. The van der Waals surface area contributed by atoms with E-state index in [9.17, 15) is 0 Å². The third-order valence-electron chi connectivity index (χ3n) is 4.74. The van der Waals surface area contributed by atoms with E-state index in [4.69, 9.17) is 22.3 Å². The van der Waals surface area contributed by atoms with Gasteiger partial charge in [-0.3, -0.25) is 0 Å². The van der Waals surface area contributed by atoms with Crippen molar-refractivity contribution in [3.8, 4) is 0 Å². The molecule has 21 heavy (non-hydrogen) atoms. The van der Waals surface area contributed by atoms with Crippen molar-refractivity contribution >= 4 is 22.6 Å². The SMILES string of the molecule is CCCn1c(C2CCC(CN)CC2)nc2cccc(Cl)c21. The molecule has 4 heteroatoms. The quantitative estimate of drug-likeness (QED) is 0.913. The van der Waals surface area contributed by atoms with Gasteiger partial charge in [0, 0.05) is 12.5 Å². The minimum Gasteiger partial charge on any atom is -0.330 e. The molecule has 0 saturated heterocycles. The van der Waals surface area contributed by atoms with Crippen molar-refractivity contribution in [1.82, 2.24) is 9.55 Å². The van der Waals surface area contributed by atoms with E-state index >= 15 is 0 Å². The zero-order valence-electron chi connectivity index (χ0n) is 12.7. The minimum atomic E-state index is 0.558. The third-order valence-corrected chi connectivity index (χ3v) is 5.04. The van der Waals surface area contributed by atoms with Gasteiger partial charge in [0.05, 0.1) is 16.1 Å². The molecule has 1 heterocycles. The standard InChI is InChI=1S/C17H24ClN3/c1-2-10-21-16-14(18)4-3-5-15(16)20-17(21)13-8-6-12(11-19)7-9-13/h3-5,12-13H,2,6-11,19H2,1H3. The average Bonchev–Trinajstić information content (AvgIpc) is 2.88. The second kappa shape index (κ2) is 6.37. The van der Waals surface area contributed by atoms with E-state index in [-0.39, 0.29) is 0 Å². The first kappa shape index (κ1) is 14.9. The lowest BCUT2D eigenvalue weighted by Crippen LogP contribution is -2.22. The van der Waals surface area contributed by atoms with Crippen molar-refractivity contribution in [3.05, 3.63) is 29.0 Å². The number of hydrogen-bond acceptors (Lipinski definition) is 2. The van der Waals surface area contributed by atoms with Crippen LogP contribution in [-0.4, -0.2) is 16.1 Å². The molecule has 0 unspecified atom stereocenters. The van der Waals surface area contributed by atoms with Crippen molar-refractivity contribution in [2.75, 3.05) is 6.54 Å². The highest BCUT2D eigenvalue weighted by atomic mass is 35.5. The number of nitrogens with two attached hydrogens (primary N) is 1. The molecular weight excluding hydrogens is 282 g/mol. The van der Waals surface area contributed by atoms with E-state index in [1.165, 1.54) is 31.5 Å². The minimum absolute atomic E-state index is 0.558. The largest absolute Gasteiger partial charge is 0.330 e. The van der Waals surface area contributed by atoms with E-state index < -0.39 is 0 Å². The molecule has 0 radical (unpaired) electrons. The van der Waals surface area contributed by atoms with Gasteiger partial charge >= 0.3 is 0 Å². The summed E-state index contributed by atoms with van der Waals surface area (Å²) in [5.74, 6) is 2.49. The Kier molecular flexibility index (Phi) is 4.51. The first-order valence-corrected chi connectivity index (χ1v) is 8.47. The number of imidazole rings is 1. The Morgan fingerprint density at radius 1 is 1.29 bits per heavy atom. The molecular formula is C17H24ClN3. The molecule has 1 aliphatic rings. The fraction of sp³-hybridized carbons (Fsp3) is 0.588. The molecule has 1 aliphatic carbocycles. The van der Waals surface area contributed by atoms with Crippen molar-refractivity contribution in [2.45, 2.75) is 51.5 Å². The summed E-state index contributed by atoms with van der Waals surface area (Å²) in [6.45, 7) is 4.02. The maximum atomic E-state index is 6.42. The highest BCUT2D eigenvalue weighted by Crippen LogP contribution is 2.37. The van der Waals surface area contributed by atoms with Crippen molar-refractivity contribution < 1.29 is 0 Å². The number of para-hydroxylation sites is 1. The number of aryl methyl sites for hydroxylation is 1. The van der Waals surface area contributed by atoms with Crippen LogP contribution in [0, 0.1) is 5.92 Å². The van der Waals surface area contributed by atoms with Crippen LogP contribution >= 0.6 is 11.6 Å². The van der Waals surface area contributed by atoms with Gasteiger partial charge in [-0.15, -0.1) is 0 Å². The Morgan fingerprint density at radius 3 is 2.71 bits per heavy atom. The first-order chi connectivity index (χ1) is 10.2. The van der Waals surface area contributed by atoms with Gasteiger partial charge in [-0.1, -0.05) is 24.6 Å². The second-order valence-electron chi connectivity index (χ2n) is 6.18. The number of nitrogens with zero attached hydrogens (tertiary/aromatic N) is 2. The number of halogens is 1. The number of fused-ring (bicyclic) bond motifs is 1. The van der Waals surface area contributed by atoms with Gasteiger partial charge in [0.2, 0.25) is 0 Å². The number of benzene rings is 1. The predicted molar refractivity (Wildman–Crippen MR) is 88.8 cm³/mol. The average molecular weight is 306 g/mol. The lowest BCUT2D eigenvalue weighted by atomic mass is 9.81. The summed E-state index contributed by atoms with van der Waals surface area (Å²) in [4.78, 5) is 4.91. The third kappa shape index (κ3) is 2.82. The fourth-order valence-electron chi connectivity index (χ4n) is 3.58. The van der Waals surface area contributed by atoms with Crippen molar-refractivity contribution in [1.29, 1.82) is 0 Å². The Morgan fingerprint density at radius 2 is 2.05 bits per heavy atom.